The maximum Gasteiger partial charge on any atom is 0.118 e. The Balaban J connectivity index is 2.07. The Morgan fingerprint density at radius 1 is 1.29 bits per heavy atom. The Labute approximate surface area is 129 Å². The number of piperazine rings is 1. The van der Waals surface area contributed by atoms with Gasteiger partial charge in [-0.3, -0.25) is 4.90 Å². The van der Waals surface area contributed by atoms with Gasteiger partial charge in [0.2, 0.25) is 0 Å². The Kier molecular flexibility index (Phi) is 6.07. The fraction of sp³-hybridized carbons (Fsp3) is 0.667. The zero-order chi connectivity index (χ0) is 15.2. The van der Waals surface area contributed by atoms with Crippen molar-refractivity contribution in [2.45, 2.75) is 52.2 Å². The van der Waals surface area contributed by atoms with Gasteiger partial charge in [0, 0.05) is 31.7 Å². The van der Waals surface area contributed by atoms with E-state index in [1.807, 2.05) is 0 Å². The van der Waals surface area contributed by atoms with Crippen LogP contribution in [-0.4, -0.2) is 37.2 Å². The van der Waals surface area contributed by atoms with E-state index in [0.717, 1.165) is 31.3 Å². The van der Waals surface area contributed by atoms with Crippen LogP contribution < -0.4 is 10.1 Å². The standard InChI is InChI=1S/C18H30N2O/c1-5-14(3)18-11-19-16(6-2)13-20(18)12-15-7-9-17(21-4)10-8-15/h7-10,14,16,18-19H,5-6,11-13H2,1-4H3. The first-order valence-corrected chi connectivity index (χ1v) is 8.28. The van der Waals surface area contributed by atoms with Crippen molar-refractivity contribution >= 4 is 0 Å². The second kappa shape index (κ2) is 7.81. The van der Waals surface area contributed by atoms with Crippen molar-refractivity contribution in [2.24, 2.45) is 5.92 Å². The molecule has 0 spiro atoms. The van der Waals surface area contributed by atoms with E-state index in [2.05, 4.69) is 55.3 Å². The van der Waals surface area contributed by atoms with Crippen LogP contribution in [-0.2, 0) is 6.54 Å². The normalized spacial score (nSPS) is 24.8. The summed E-state index contributed by atoms with van der Waals surface area (Å²) >= 11 is 0. The van der Waals surface area contributed by atoms with Gasteiger partial charge in [-0.2, -0.15) is 0 Å². The fourth-order valence-electron chi connectivity index (χ4n) is 3.15. The van der Waals surface area contributed by atoms with Crippen LogP contribution in [0, 0.1) is 5.92 Å². The third kappa shape index (κ3) is 4.21. The minimum absolute atomic E-state index is 0.628. The highest BCUT2D eigenvalue weighted by Crippen LogP contribution is 2.22. The SMILES string of the molecule is CCC1CN(Cc2ccc(OC)cc2)C(C(C)CC)CN1. The van der Waals surface area contributed by atoms with Crippen molar-refractivity contribution in [2.75, 3.05) is 20.2 Å². The molecule has 3 atom stereocenters. The predicted molar refractivity (Wildman–Crippen MR) is 88.7 cm³/mol. The highest BCUT2D eigenvalue weighted by atomic mass is 16.5. The van der Waals surface area contributed by atoms with Crippen LogP contribution in [0.4, 0.5) is 0 Å². The van der Waals surface area contributed by atoms with Crippen molar-refractivity contribution in [3.05, 3.63) is 29.8 Å². The van der Waals surface area contributed by atoms with E-state index in [4.69, 9.17) is 4.74 Å². The average Bonchev–Trinajstić information content (AvgIpc) is 2.54. The van der Waals surface area contributed by atoms with Gasteiger partial charge >= 0.3 is 0 Å². The molecule has 3 nitrogen and oxygen atoms in total. The highest BCUT2D eigenvalue weighted by Gasteiger charge is 2.29. The molecule has 2 rings (SSSR count). The highest BCUT2D eigenvalue weighted by molar-refractivity contribution is 5.27. The van der Waals surface area contributed by atoms with Crippen LogP contribution in [0.2, 0.25) is 0 Å². The van der Waals surface area contributed by atoms with Crippen LogP contribution >= 0.6 is 0 Å². The monoisotopic (exact) mass is 290 g/mol. The van der Waals surface area contributed by atoms with Crippen molar-refractivity contribution in [1.82, 2.24) is 10.2 Å². The summed E-state index contributed by atoms with van der Waals surface area (Å²) in [5.41, 5.74) is 1.38. The Bertz CT molecular complexity index is 418. The van der Waals surface area contributed by atoms with Gasteiger partial charge in [0.15, 0.2) is 0 Å². The topological polar surface area (TPSA) is 24.5 Å². The Hall–Kier alpha value is -1.06. The molecule has 0 amide bonds. The summed E-state index contributed by atoms with van der Waals surface area (Å²) in [6.07, 6.45) is 2.44. The number of nitrogens with one attached hydrogen (secondary N) is 1. The summed E-state index contributed by atoms with van der Waals surface area (Å²) < 4.78 is 5.25. The van der Waals surface area contributed by atoms with Gasteiger partial charge in [-0.25, -0.2) is 0 Å². The minimum Gasteiger partial charge on any atom is -0.497 e. The van der Waals surface area contributed by atoms with Crippen LogP contribution in [0.15, 0.2) is 24.3 Å². The molecule has 1 heterocycles. The van der Waals surface area contributed by atoms with Gasteiger partial charge in [0.05, 0.1) is 7.11 Å². The Morgan fingerprint density at radius 3 is 2.57 bits per heavy atom. The molecule has 1 saturated heterocycles. The van der Waals surface area contributed by atoms with Crippen molar-refractivity contribution < 1.29 is 4.74 Å². The molecule has 0 bridgehead atoms. The summed E-state index contributed by atoms with van der Waals surface area (Å²) in [4.78, 5) is 2.67. The first-order chi connectivity index (χ1) is 10.2. The molecule has 118 valence electrons. The van der Waals surface area contributed by atoms with Crippen LogP contribution in [0.5, 0.6) is 5.75 Å². The molecule has 1 N–H and O–H groups in total. The predicted octanol–water partition coefficient (Wildman–Crippen LogP) is 3.29. The van der Waals surface area contributed by atoms with Crippen LogP contribution in [0.1, 0.15) is 39.2 Å². The van der Waals surface area contributed by atoms with E-state index < -0.39 is 0 Å². The molecule has 0 saturated carbocycles. The second-order valence-electron chi connectivity index (χ2n) is 6.24. The quantitative estimate of drug-likeness (QED) is 0.870. The van der Waals surface area contributed by atoms with Gasteiger partial charge in [-0.05, 0) is 30.0 Å². The summed E-state index contributed by atoms with van der Waals surface area (Å²) in [6, 6.07) is 9.77. The maximum absolute atomic E-state index is 5.25. The summed E-state index contributed by atoms with van der Waals surface area (Å²) in [5, 5.41) is 3.71. The van der Waals surface area contributed by atoms with E-state index >= 15 is 0 Å². The molecule has 1 aromatic rings. The lowest BCUT2D eigenvalue weighted by atomic mass is 9.93. The molecule has 1 aliphatic heterocycles. The Morgan fingerprint density at radius 2 is 2.00 bits per heavy atom. The molecular formula is C18H30N2O. The van der Waals surface area contributed by atoms with Crippen molar-refractivity contribution in [3.63, 3.8) is 0 Å². The van der Waals surface area contributed by atoms with E-state index in [0.29, 0.717) is 12.1 Å². The molecule has 0 aliphatic carbocycles. The van der Waals surface area contributed by atoms with Gasteiger partial charge in [-0.15, -0.1) is 0 Å². The number of benzene rings is 1. The fourth-order valence-corrected chi connectivity index (χ4v) is 3.15. The zero-order valence-electron chi connectivity index (χ0n) is 13.9. The number of ether oxygens (including phenoxy) is 1. The maximum atomic E-state index is 5.25. The van der Waals surface area contributed by atoms with Crippen LogP contribution in [0.25, 0.3) is 0 Å². The molecule has 0 aromatic heterocycles. The van der Waals surface area contributed by atoms with E-state index in [1.54, 1.807) is 7.11 Å². The van der Waals surface area contributed by atoms with Crippen LogP contribution in [0.3, 0.4) is 0 Å². The van der Waals surface area contributed by atoms with Crippen molar-refractivity contribution in [1.29, 1.82) is 0 Å². The van der Waals surface area contributed by atoms with Gasteiger partial charge in [0.1, 0.15) is 5.75 Å². The third-order valence-corrected chi connectivity index (χ3v) is 4.88. The first-order valence-electron chi connectivity index (χ1n) is 8.28. The molecule has 3 heteroatoms. The smallest absolute Gasteiger partial charge is 0.118 e. The molecule has 3 unspecified atom stereocenters. The molecule has 21 heavy (non-hydrogen) atoms. The minimum atomic E-state index is 0.628. The third-order valence-electron chi connectivity index (χ3n) is 4.88. The number of nitrogens with zero attached hydrogens (tertiary/aromatic N) is 1. The van der Waals surface area contributed by atoms with Gasteiger partial charge < -0.3 is 10.1 Å². The lowest BCUT2D eigenvalue weighted by Gasteiger charge is -2.43. The molecular weight excluding hydrogens is 260 g/mol. The number of hydrogen-bond acceptors (Lipinski definition) is 3. The summed E-state index contributed by atoms with van der Waals surface area (Å²) in [7, 11) is 1.72. The van der Waals surface area contributed by atoms with E-state index in [1.165, 1.54) is 18.4 Å². The number of methoxy groups -OCH3 is 1. The lowest BCUT2D eigenvalue weighted by molar-refractivity contribution is 0.0832. The molecule has 1 aliphatic rings. The summed E-state index contributed by atoms with van der Waals surface area (Å²) in [5.74, 6) is 1.66. The number of hydrogen-bond donors (Lipinski definition) is 1. The van der Waals surface area contributed by atoms with E-state index in [-0.39, 0.29) is 0 Å². The summed E-state index contributed by atoms with van der Waals surface area (Å²) in [6.45, 7) is 10.2. The molecule has 0 radical (unpaired) electrons. The van der Waals surface area contributed by atoms with E-state index in [9.17, 15) is 0 Å². The van der Waals surface area contributed by atoms with Gasteiger partial charge in [0.25, 0.3) is 0 Å². The first kappa shape index (κ1) is 16.3. The largest absolute Gasteiger partial charge is 0.497 e. The lowest BCUT2D eigenvalue weighted by Crippen LogP contribution is -2.57. The second-order valence-corrected chi connectivity index (χ2v) is 6.24. The number of rotatable bonds is 6. The van der Waals surface area contributed by atoms with Crippen molar-refractivity contribution in [3.8, 4) is 5.75 Å². The van der Waals surface area contributed by atoms with Gasteiger partial charge in [-0.1, -0.05) is 39.3 Å². The molecule has 1 fully saturated rings. The average molecular weight is 290 g/mol. The zero-order valence-corrected chi connectivity index (χ0v) is 13.9. The molecule has 1 aromatic carbocycles.